The van der Waals surface area contributed by atoms with Gasteiger partial charge >= 0.3 is 0 Å². The van der Waals surface area contributed by atoms with E-state index in [0.29, 0.717) is 0 Å². The number of non-ortho nitro benzene ring substituents is 1. The van der Waals surface area contributed by atoms with Crippen LogP contribution in [0.15, 0.2) is 61.1 Å². The summed E-state index contributed by atoms with van der Waals surface area (Å²) in [6, 6.07) is 13.4. The molecule has 0 spiro atoms. The Labute approximate surface area is 185 Å². The fourth-order valence-electron chi connectivity index (χ4n) is 4.24. The third-order valence-electron chi connectivity index (χ3n) is 6.11. The van der Waals surface area contributed by atoms with E-state index in [2.05, 4.69) is 46.2 Å². The number of likely N-dealkylation sites (N-methyl/N-ethyl adjacent to an activating group) is 1. The monoisotopic (exact) mass is 428 g/mol. The highest BCUT2D eigenvalue weighted by molar-refractivity contribution is 5.80. The summed E-state index contributed by atoms with van der Waals surface area (Å²) in [6.45, 7) is 6.03. The highest BCUT2D eigenvalue weighted by Crippen LogP contribution is 2.30. The quantitative estimate of drug-likeness (QED) is 0.361. The molecule has 0 bridgehead atoms. The number of aromatic nitrogens is 3. The van der Waals surface area contributed by atoms with E-state index in [9.17, 15) is 10.1 Å². The molecule has 2 aromatic carbocycles. The summed E-state index contributed by atoms with van der Waals surface area (Å²) in [5, 5.41) is 15.6. The molecular weight excluding hydrogens is 404 g/mol. The molecule has 8 heteroatoms. The first-order chi connectivity index (χ1) is 15.5. The molecule has 32 heavy (non-hydrogen) atoms. The van der Waals surface area contributed by atoms with E-state index in [-0.39, 0.29) is 10.6 Å². The number of benzene rings is 2. The van der Waals surface area contributed by atoms with Gasteiger partial charge in [-0.25, -0.2) is 9.50 Å². The first kappa shape index (κ1) is 20.1. The van der Waals surface area contributed by atoms with Gasteiger partial charge in [-0.3, -0.25) is 10.1 Å². The van der Waals surface area contributed by atoms with Gasteiger partial charge in [0.25, 0.3) is 5.69 Å². The summed E-state index contributed by atoms with van der Waals surface area (Å²) >= 11 is 0. The zero-order chi connectivity index (χ0) is 22.2. The van der Waals surface area contributed by atoms with E-state index in [1.807, 2.05) is 19.3 Å². The topological polar surface area (TPSA) is 79.8 Å². The van der Waals surface area contributed by atoms with Crippen molar-refractivity contribution in [3.05, 3.63) is 76.7 Å². The molecule has 1 saturated heterocycles. The van der Waals surface area contributed by atoms with Crippen molar-refractivity contribution < 1.29 is 4.92 Å². The molecule has 0 unspecified atom stereocenters. The van der Waals surface area contributed by atoms with Crippen molar-refractivity contribution in [2.45, 2.75) is 6.92 Å². The molecular formula is C24H24N6O2. The van der Waals surface area contributed by atoms with Crippen LogP contribution >= 0.6 is 0 Å². The van der Waals surface area contributed by atoms with E-state index in [0.717, 1.165) is 59.6 Å². The molecule has 0 aliphatic carbocycles. The number of hydrogen-bond donors (Lipinski definition) is 0. The molecule has 162 valence electrons. The summed E-state index contributed by atoms with van der Waals surface area (Å²) in [7, 11) is 2.16. The van der Waals surface area contributed by atoms with Crippen molar-refractivity contribution >= 4 is 17.0 Å². The van der Waals surface area contributed by atoms with Gasteiger partial charge in [-0.05, 0) is 48.9 Å². The van der Waals surface area contributed by atoms with Crippen LogP contribution in [-0.2, 0) is 0 Å². The molecule has 1 aliphatic rings. The van der Waals surface area contributed by atoms with Crippen LogP contribution in [0.2, 0.25) is 0 Å². The lowest BCUT2D eigenvalue weighted by atomic mass is 10.0. The van der Waals surface area contributed by atoms with E-state index in [1.54, 1.807) is 22.8 Å². The summed E-state index contributed by atoms with van der Waals surface area (Å²) in [6.07, 6.45) is 5.57. The van der Waals surface area contributed by atoms with Crippen molar-refractivity contribution in [1.29, 1.82) is 0 Å². The Morgan fingerprint density at radius 2 is 1.78 bits per heavy atom. The van der Waals surface area contributed by atoms with Crippen molar-refractivity contribution in [2.75, 3.05) is 38.1 Å². The predicted octanol–water partition coefficient (Wildman–Crippen LogP) is 4.03. The predicted molar refractivity (Wildman–Crippen MR) is 125 cm³/mol. The normalized spacial score (nSPS) is 14.8. The number of nitro groups is 1. The number of anilines is 1. The molecule has 1 aliphatic heterocycles. The highest BCUT2D eigenvalue weighted by atomic mass is 16.6. The average Bonchev–Trinajstić information content (AvgIpc) is 3.23. The minimum atomic E-state index is -0.381. The Hall–Kier alpha value is -3.78. The summed E-state index contributed by atoms with van der Waals surface area (Å²) < 4.78 is 1.77. The number of nitro benzene ring substituents is 1. The van der Waals surface area contributed by atoms with Crippen molar-refractivity contribution in [3.63, 3.8) is 0 Å². The summed E-state index contributed by atoms with van der Waals surface area (Å²) in [5.74, 6) is 0. The van der Waals surface area contributed by atoms with E-state index in [4.69, 9.17) is 4.98 Å². The van der Waals surface area contributed by atoms with E-state index < -0.39 is 0 Å². The molecule has 0 N–H and O–H groups in total. The van der Waals surface area contributed by atoms with E-state index in [1.165, 1.54) is 11.8 Å². The van der Waals surface area contributed by atoms with Crippen LogP contribution in [0.1, 0.15) is 5.56 Å². The molecule has 0 atom stereocenters. The van der Waals surface area contributed by atoms with Gasteiger partial charge < -0.3 is 9.80 Å². The van der Waals surface area contributed by atoms with Crippen molar-refractivity contribution in [3.8, 4) is 22.3 Å². The first-order valence-electron chi connectivity index (χ1n) is 10.6. The third-order valence-corrected chi connectivity index (χ3v) is 6.11. The Morgan fingerprint density at radius 3 is 2.53 bits per heavy atom. The fraction of sp³-hybridized carbons (Fsp3) is 0.250. The van der Waals surface area contributed by atoms with Crippen molar-refractivity contribution in [2.24, 2.45) is 0 Å². The average molecular weight is 428 g/mol. The minimum Gasteiger partial charge on any atom is -0.369 e. The maximum absolute atomic E-state index is 11.0. The lowest BCUT2D eigenvalue weighted by molar-refractivity contribution is -0.384. The Morgan fingerprint density at radius 1 is 0.969 bits per heavy atom. The van der Waals surface area contributed by atoms with E-state index >= 15 is 0 Å². The summed E-state index contributed by atoms with van der Waals surface area (Å²) in [4.78, 5) is 20.1. The van der Waals surface area contributed by atoms with Crippen LogP contribution in [0.3, 0.4) is 0 Å². The fourth-order valence-corrected chi connectivity index (χ4v) is 4.24. The van der Waals surface area contributed by atoms with Crippen LogP contribution in [0.5, 0.6) is 0 Å². The van der Waals surface area contributed by atoms with Gasteiger partial charge in [-0.15, -0.1) is 0 Å². The molecule has 0 saturated carbocycles. The lowest BCUT2D eigenvalue weighted by Gasteiger charge is -2.34. The number of piperazine rings is 1. The van der Waals surface area contributed by atoms with Gasteiger partial charge in [0.05, 0.1) is 11.1 Å². The summed E-state index contributed by atoms with van der Waals surface area (Å²) in [5.41, 5.74) is 6.74. The Bertz CT molecular complexity index is 1310. The molecule has 0 amide bonds. The number of rotatable bonds is 4. The molecule has 4 aromatic rings. The van der Waals surface area contributed by atoms with Crippen molar-refractivity contribution in [1.82, 2.24) is 19.5 Å². The second-order valence-corrected chi connectivity index (χ2v) is 8.27. The molecule has 2 aromatic heterocycles. The van der Waals surface area contributed by atoms with Crippen LogP contribution < -0.4 is 4.90 Å². The zero-order valence-corrected chi connectivity index (χ0v) is 18.1. The van der Waals surface area contributed by atoms with Crippen LogP contribution in [0.4, 0.5) is 11.4 Å². The van der Waals surface area contributed by atoms with Gasteiger partial charge in [-0.1, -0.05) is 12.1 Å². The minimum absolute atomic E-state index is 0.0851. The van der Waals surface area contributed by atoms with Gasteiger partial charge in [0.2, 0.25) is 0 Å². The number of fused-ring (bicyclic) bond motifs is 1. The van der Waals surface area contributed by atoms with Gasteiger partial charge in [0, 0.05) is 67.5 Å². The molecule has 5 rings (SSSR count). The second-order valence-electron chi connectivity index (χ2n) is 8.27. The second kappa shape index (κ2) is 8.05. The Kier molecular flexibility index (Phi) is 5.07. The maximum atomic E-state index is 11.0. The maximum Gasteiger partial charge on any atom is 0.269 e. The number of nitrogens with zero attached hydrogens (tertiary/aromatic N) is 6. The highest BCUT2D eigenvalue weighted by Gasteiger charge is 2.16. The van der Waals surface area contributed by atoms with Gasteiger partial charge in [-0.2, -0.15) is 5.10 Å². The largest absolute Gasteiger partial charge is 0.369 e. The molecule has 8 nitrogen and oxygen atoms in total. The standard InChI is InChI=1S/C24H24N6O2/c1-17-12-21(30(31)32)6-7-22(17)19-14-25-24-23(15-26-29(24)16-19)18-4-3-5-20(13-18)28-10-8-27(2)9-11-28/h3-7,12-16H,8-11H2,1-2H3. The van der Waals surface area contributed by atoms with Crippen LogP contribution in [-0.4, -0.2) is 57.6 Å². The smallest absolute Gasteiger partial charge is 0.269 e. The Balaban J connectivity index is 1.47. The van der Waals surface area contributed by atoms with Gasteiger partial charge in [0.15, 0.2) is 5.65 Å². The first-order valence-corrected chi connectivity index (χ1v) is 10.6. The SMILES string of the molecule is Cc1cc([N+](=O)[O-])ccc1-c1cnc2c(-c3cccc(N4CCN(C)CC4)c3)cnn2c1. The molecule has 1 fully saturated rings. The molecule has 3 heterocycles. The zero-order valence-electron chi connectivity index (χ0n) is 18.1. The van der Waals surface area contributed by atoms with Crippen LogP contribution in [0, 0.1) is 17.0 Å². The number of aryl methyl sites for hydroxylation is 1. The van der Waals surface area contributed by atoms with Crippen LogP contribution in [0.25, 0.3) is 27.9 Å². The molecule has 0 radical (unpaired) electrons. The van der Waals surface area contributed by atoms with Gasteiger partial charge in [0.1, 0.15) is 0 Å². The third kappa shape index (κ3) is 3.69. The lowest BCUT2D eigenvalue weighted by Crippen LogP contribution is -2.44. The number of hydrogen-bond acceptors (Lipinski definition) is 6.